The van der Waals surface area contributed by atoms with Gasteiger partial charge in [0, 0.05) is 22.4 Å². The molecule has 6 N–H and O–H groups in total. The number of hydrogen-bond acceptors (Lipinski definition) is 6. The number of carboxylic acid groups (broad SMARTS) is 1. The third-order valence-corrected chi connectivity index (χ3v) is 5.84. The van der Waals surface area contributed by atoms with E-state index in [2.05, 4.69) is 10.6 Å². The monoisotopic (exact) mass is 516 g/mol. The van der Waals surface area contributed by atoms with Crippen LogP contribution in [0.2, 0.25) is 0 Å². The van der Waals surface area contributed by atoms with Gasteiger partial charge in [0.05, 0.1) is 12.7 Å². The van der Waals surface area contributed by atoms with Crippen molar-refractivity contribution in [2.45, 2.75) is 19.9 Å². The van der Waals surface area contributed by atoms with Crippen LogP contribution in [0.5, 0.6) is 0 Å². The van der Waals surface area contributed by atoms with Crippen LogP contribution in [0.4, 0.5) is 5.69 Å². The molecule has 3 aromatic rings. The van der Waals surface area contributed by atoms with Gasteiger partial charge < -0.3 is 26.2 Å². The number of methoxy groups -OCH3 is 1. The van der Waals surface area contributed by atoms with Crippen molar-refractivity contribution in [1.82, 2.24) is 5.32 Å². The number of rotatable bonds is 9. The van der Waals surface area contributed by atoms with Crippen molar-refractivity contribution in [1.29, 1.82) is 5.41 Å². The number of amides is 2. The van der Waals surface area contributed by atoms with Crippen LogP contribution < -0.4 is 16.4 Å². The number of nitrogens with two attached hydrogens (primary N) is 1. The van der Waals surface area contributed by atoms with Gasteiger partial charge >= 0.3 is 11.9 Å². The van der Waals surface area contributed by atoms with Crippen LogP contribution in [0, 0.1) is 11.3 Å². The van der Waals surface area contributed by atoms with Crippen LogP contribution in [0.3, 0.4) is 0 Å². The molecule has 0 aliphatic heterocycles. The maximum Gasteiger partial charge on any atom is 0.336 e. The number of amidine groups is 1. The summed E-state index contributed by atoms with van der Waals surface area (Å²) in [4.78, 5) is 50.2. The van der Waals surface area contributed by atoms with E-state index >= 15 is 0 Å². The molecule has 0 fully saturated rings. The molecule has 0 heterocycles. The Morgan fingerprint density at radius 2 is 1.47 bits per heavy atom. The molecule has 0 aliphatic carbocycles. The van der Waals surface area contributed by atoms with Crippen LogP contribution in [0.1, 0.15) is 50.5 Å². The lowest BCUT2D eigenvalue weighted by molar-refractivity contribution is -0.144. The standard InChI is InChI=1S/C28H28N4O6/c1-15(2)23(28(37)38-3)32-25(33)17-10-13-20(22(14-17)27(35)36)19-6-4-5-7-21(19)26(34)31-18-11-8-16(9-12-18)24(29)30/h4-15,23H,1-3H3,(H3,29,30)(H,31,34)(H,32,33)(H,35,36). The molecule has 0 saturated carbocycles. The van der Waals surface area contributed by atoms with Gasteiger partial charge in [-0.15, -0.1) is 0 Å². The van der Waals surface area contributed by atoms with E-state index in [0.717, 1.165) is 0 Å². The average Bonchev–Trinajstić information content (AvgIpc) is 2.90. The number of nitrogens with one attached hydrogen (secondary N) is 3. The van der Waals surface area contributed by atoms with Crippen molar-refractivity contribution in [2.24, 2.45) is 11.7 Å². The predicted octanol–water partition coefficient (Wildman–Crippen LogP) is 3.52. The number of carbonyl (C=O) groups is 4. The van der Waals surface area contributed by atoms with E-state index < -0.39 is 29.8 Å². The summed E-state index contributed by atoms with van der Waals surface area (Å²) in [5, 5.41) is 22.7. The summed E-state index contributed by atoms with van der Waals surface area (Å²) in [5.74, 6) is -3.38. The minimum Gasteiger partial charge on any atom is -0.478 e. The number of aromatic carboxylic acids is 1. The van der Waals surface area contributed by atoms with E-state index in [-0.39, 0.29) is 34.0 Å². The van der Waals surface area contributed by atoms with Crippen LogP contribution >= 0.6 is 0 Å². The molecule has 196 valence electrons. The highest BCUT2D eigenvalue weighted by molar-refractivity contribution is 6.11. The second-order valence-corrected chi connectivity index (χ2v) is 8.77. The van der Waals surface area contributed by atoms with E-state index in [9.17, 15) is 24.3 Å². The van der Waals surface area contributed by atoms with Gasteiger partial charge in [-0.3, -0.25) is 15.0 Å². The first-order chi connectivity index (χ1) is 18.0. The Balaban J connectivity index is 1.95. The highest BCUT2D eigenvalue weighted by atomic mass is 16.5. The number of benzene rings is 3. The largest absolute Gasteiger partial charge is 0.478 e. The van der Waals surface area contributed by atoms with Gasteiger partial charge in [0.1, 0.15) is 11.9 Å². The van der Waals surface area contributed by atoms with Crippen molar-refractivity contribution >= 4 is 35.3 Å². The second-order valence-electron chi connectivity index (χ2n) is 8.77. The van der Waals surface area contributed by atoms with Crippen LogP contribution in [0.15, 0.2) is 66.7 Å². The molecule has 0 saturated heterocycles. The fraction of sp³-hybridized carbons (Fsp3) is 0.179. The van der Waals surface area contributed by atoms with Gasteiger partial charge in [0.15, 0.2) is 0 Å². The summed E-state index contributed by atoms with van der Waals surface area (Å²) in [6, 6.07) is 16.1. The Bertz CT molecular complexity index is 1400. The zero-order chi connectivity index (χ0) is 28.0. The topological polar surface area (TPSA) is 172 Å². The predicted molar refractivity (Wildman–Crippen MR) is 142 cm³/mol. The van der Waals surface area contributed by atoms with Crippen LogP contribution in [-0.4, -0.2) is 47.8 Å². The van der Waals surface area contributed by atoms with Gasteiger partial charge in [0.2, 0.25) is 0 Å². The molecule has 1 unspecified atom stereocenters. The van der Waals surface area contributed by atoms with Crippen molar-refractivity contribution in [3.8, 4) is 11.1 Å². The summed E-state index contributed by atoms with van der Waals surface area (Å²) in [7, 11) is 1.22. The number of hydrogen-bond donors (Lipinski definition) is 5. The number of esters is 1. The average molecular weight is 517 g/mol. The Morgan fingerprint density at radius 1 is 0.868 bits per heavy atom. The molecule has 3 aromatic carbocycles. The SMILES string of the molecule is COC(=O)C(NC(=O)c1ccc(-c2ccccc2C(=O)Nc2ccc(C(=N)N)cc2)c(C(=O)O)c1)C(C)C. The zero-order valence-corrected chi connectivity index (χ0v) is 21.1. The zero-order valence-electron chi connectivity index (χ0n) is 21.1. The highest BCUT2D eigenvalue weighted by Gasteiger charge is 2.26. The summed E-state index contributed by atoms with van der Waals surface area (Å²) in [5.41, 5.74) is 7.08. The van der Waals surface area contributed by atoms with Gasteiger partial charge in [-0.25, -0.2) is 9.59 Å². The van der Waals surface area contributed by atoms with Gasteiger partial charge in [0.25, 0.3) is 11.8 Å². The number of carbonyl (C=O) groups excluding carboxylic acids is 3. The second kappa shape index (κ2) is 11.8. The maximum atomic E-state index is 13.1. The van der Waals surface area contributed by atoms with Crippen molar-refractivity contribution in [2.75, 3.05) is 12.4 Å². The number of anilines is 1. The molecular weight excluding hydrogens is 488 g/mol. The molecule has 3 rings (SSSR count). The molecule has 10 nitrogen and oxygen atoms in total. The van der Waals surface area contributed by atoms with Gasteiger partial charge in [-0.05, 0) is 59.5 Å². The van der Waals surface area contributed by atoms with E-state index in [1.807, 2.05) is 0 Å². The van der Waals surface area contributed by atoms with Crippen LogP contribution in [-0.2, 0) is 9.53 Å². The first-order valence-corrected chi connectivity index (χ1v) is 11.6. The van der Waals surface area contributed by atoms with Crippen molar-refractivity contribution in [3.05, 3.63) is 89.0 Å². The summed E-state index contributed by atoms with van der Waals surface area (Å²) in [6.07, 6.45) is 0. The number of carboxylic acids is 1. The highest BCUT2D eigenvalue weighted by Crippen LogP contribution is 2.29. The molecule has 0 aliphatic rings. The number of ether oxygens (including phenoxy) is 1. The van der Waals surface area contributed by atoms with Crippen LogP contribution in [0.25, 0.3) is 11.1 Å². The fourth-order valence-corrected chi connectivity index (χ4v) is 3.79. The molecule has 0 radical (unpaired) electrons. The minimum absolute atomic E-state index is 0.0354. The summed E-state index contributed by atoms with van der Waals surface area (Å²) < 4.78 is 4.74. The van der Waals surface area contributed by atoms with Crippen molar-refractivity contribution < 1.29 is 29.0 Å². The summed E-state index contributed by atoms with van der Waals surface area (Å²) >= 11 is 0. The lowest BCUT2D eigenvalue weighted by Crippen LogP contribution is -2.45. The van der Waals surface area contributed by atoms with E-state index in [1.165, 1.54) is 25.3 Å². The molecule has 2 amide bonds. The van der Waals surface area contributed by atoms with Crippen molar-refractivity contribution in [3.63, 3.8) is 0 Å². The van der Waals surface area contributed by atoms with Gasteiger partial charge in [-0.2, -0.15) is 0 Å². The molecule has 1 atom stereocenters. The lowest BCUT2D eigenvalue weighted by atomic mass is 9.93. The fourth-order valence-electron chi connectivity index (χ4n) is 3.79. The first-order valence-electron chi connectivity index (χ1n) is 11.6. The normalized spacial score (nSPS) is 11.4. The third-order valence-electron chi connectivity index (χ3n) is 5.84. The summed E-state index contributed by atoms with van der Waals surface area (Å²) in [6.45, 7) is 3.49. The maximum absolute atomic E-state index is 13.1. The van der Waals surface area contributed by atoms with E-state index in [4.69, 9.17) is 15.9 Å². The number of nitrogen functional groups attached to an aromatic ring is 1. The molecule has 0 bridgehead atoms. The Morgan fingerprint density at radius 3 is 2.05 bits per heavy atom. The molecule has 38 heavy (non-hydrogen) atoms. The molecule has 10 heteroatoms. The Labute approximate surface area is 219 Å². The lowest BCUT2D eigenvalue weighted by Gasteiger charge is -2.20. The quantitative estimate of drug-likeness (QED) is 0.164. The van der Waals surface area contributed by atoms with E-state index in [0.29, 0.717) is 16.8 Å². The van der Waals surface area contributed by atoms with E-state index in [1.54, 1.807) is 62.4 Å². The van der Waals surface area contributed by atoms with Gasteiger partial charge in [-0.1, -0.05) is 38.1 Å². The minimum atomic E-state index is -1.29. The Hall–Kier alpha value is -4.99. The third kappa shape index (κ3) is 6.22. The Kier molecular flexibility index (Phi) is 8.59. The molecule has 0 aromatic heterocycles. The molecule has 0 spiro atoms. The first kappa shape index (κ1) is 27.6. The molecular formula is C28H28N4O6. The smallest absolute Gasteiger partial charge is 0.336 e.